The molecule has 1 N–H and O–H groups in total. The first-order valence-electron chi connectivity index (χ1n) is 9.88. The van der Waals surface area contributed by atoms with Gasteiger partial charge in [-0.05, 0) is 61.9 Å². The molecule has 2 aliphatic carbocycles. The first-order valence-corrected chi connectivity index (χ1v) is 9.88. The summed E-state index contributed by atoms with van der Waals surface area (Å²) in [5, 5.41) is 3.86. The molecular formula is C23H29NO. The molecule has 0 amide bonds. The van der Waals surface area contributed by atoms with Gasteiger partial charge in [-0.1, -0.05) is 50.1 Å². The summed E-state index contributed by atoms with van der Waals surface area (Å²) in [6, 6.07) is 8.47. The van der Waals surface area contributed by atoms with E-state index >= 15 is 0 Å². The molecule has 0 saturated heterocycles. The average Bonchev–Trinajstić information content (AvgIpc) is 3.52. The van der Waals surface area contributed by atoms with Gasteiger partial charge < -0.3 is 10.1 Å². The SMILES string of the molecule is CCCC1(NCC/C(CC)=C2/C3=CC3/C=C/Oc3ccccc32)CC1. The van der Waals surface area contributed by atoms with E-state index < -0.39 is 0 Å². The molecule has 0 spiro atoms. The molecule has 132 valence electrons. The minimum absolute atomic E-state index is 0.463. The Bertz CT molecular complexity index is 736. The molecule has 1 fully saturated rings. The zero-order valence-corrected chi connectivity index (χ0v) is 15.5. The average molecular weight is 335 g/mol. The van der Waals surface area contributed by atoms with Crippen molar-refractivity contribution in [3.63, 3.8) is 0 Å². The van der Waals surface area contributed by atoms with Crippen LogP contribution in [0.4, 0.5) is 0 Å². The quantitative estimate of drug-likeness (QED) is 0.698. The molecule has 1 aromatic rings. The highest BCUT2D eigenvalue weighted by Crippen LogP contribution is 2.48. The first kappa shape index (κ1) is 16.7. The smallest absolute Gasteiger partial charge is 0.134 e. The summed E-state index contributed by atoms with van der Waals surface area (Å²) in [5.74, 6) is 1.44. The zero-order chi connectivity index (χ0) is 17.3. The third-order valence-electron chi connectivity index (χ3n) is 5.82. The van der Waals surface area contributed by atoms with E-state index in [0.29, 0.717) is 11.5 Å². The van der Waals surface area contributed by atoms with Crippen LogP contribution in [0.15, 0.2) is 53.8 Å². The van der Waals surface area contributed by atoms with Crippen LogP contribution in [0.25, 0.3) is 5.57 Å². The van der Waals surface area contributed by atoms with Crippen LogP contribution in [0.3, 0.4) is 0 Å². The lowest BCUT2D eigenvalue weighted by Crippen LogP contribution is -2.32. The lowest BCUT2D eigenvalue weighted by Gasteiger charge is -2.20. The van der Waals surface area contributed by atoms with E-state index in [9.17, 15) is 0 Å². The van der Waals surface area contributed by atoms with Crippen LogP contribution in [0.1, 0.15) is 57.9 Å². The highest BCUT2D eigenvalue weighted by Gasteiger charge is 2.40. The fraction of sp³-hybridized carbons (Fsp3) is 0.478. The second-order valence-electron chi connectivity index (χ2n) is 7.63. The van der Waals surface area contributed by atoms with Gasteiger partial charge in [0.2, 0.25) is 0 Å². The highest BCUT2D eigenvalue weighted by molar-refractivity contribution is 5.89. The maximum absolute atomic E-state index is 5.89. The number of ether oxygens (including phenoxy) is 1. The Morgan fingerprint density at radius 2 is 2.08 bits per heavy atom. The summed E-state index contributed by atoms with van der Waals surface area (Å²) in [6.07, 6.45) is 13.9. The number of nitrogens with one attached hydrogen (secondary N) is 1. The molecular weight excluding hydrogens is 306 g/mol. The van der Waals surface area contributed by atoms with Gasteiger partial charge in [-0.2, -0.15) is 0 Å². The molecule has 25 heavy (non-hydrogen) atoms. The second kappa shape index (κ2) is 6.84. The van der Waals surface area contributed by atoms with Gasteiger partial charge in [-0.25, -0.2) is 0 Å². The molecule has 0 aromatic heterocycles. The van der Waals surface area contributed by atoms with Crippen molar-refractivity contribution in [2.45, 2.75) is 57.9 Å². The summed E-state index contributed by atoms with van der Waals surface area (Å²) in [6.45, 7) is 5.67. The van der Waals surface area contributed by atoms with Crippen molar-refractivity contribution in [2.24, 2.45) is 5.92 Å². The van der Waals surface area contributed by atoms with Gasteiger partial charge in [-0.15, -0.1) is 0 Å². The van der Waals surface area contributed by atoms with Crippen molar-refractivity contribution < 1.29 is 4.74 Å². The third kappa shape index (κ3) is 3.46. The number of hydrogen-bond donors (Lipinski definition) is 1. The van der Waals surface area contributed by atoms with E-state index in [0.717, 1.165) is 25.1 Å². The number of benzene rings is 1. The molecule has 3 aliphatic rings. The molecule has 1 saturated carbocycles. The standard InChI is InChI=1S/C23H29NO/c1-3-11-23(12-13-23)24-14-9-17(4-2)22-19-7-5-6-8-21(19)25-15-10-18-16-20(18)22/h5-8,10,15-16,18,24H,3-4,9,11-14H2,1-2H3/b15-10+,22-17+. The Morgan fingerprint density at radius 1 is 1.24 bits per heavy atom. The van der Waals surface area contributed by atoms with Crippen molar-refractivity contribution in [2.75, 3.05) is 6.54 Å². The van der Waals surface area contributed by atoms with Crippen molar-refractivity contribution in [3.05, 3.63) is 59.4 Å². The van der Waals surface area contributed by atoms with Gasteiger partial charge >= 0.3 is 0 Å². The van der Waals surface area contributed by atoms with E-state index in [1.807, 2.05) is 6.26 Å². The Balaban J connectivity index is 1.57. The number of allylic oxidation sites excluding steroid dienone is 4. The van der Waals surface area contributed by atoms with Crippen LogP contribution in [-0.4, -0.2) is 12.1 Å². The molecule has 1 unspecified atom stereocenters. The Hall–Kier alpha value is -1.80. The van der Waals surface area contributed by atoms with E-state index in [1.165, 1.54) is 42.4 Å². The molecule has 1 heterocycles. The van der Waals surface area contributed by atoms with Crippen LogP contribution in [0, 0.1) is 5.92 Å². The van der Waals surface area contributed by atoms with E-state index in [-0.39, 0.29) is 0 Å². The highest BCUT2D eigenvalue weighted by atomic mass is 16.5. The van der Waals surface area contributed by atoms with Crippen molar-refractivity contribution >= 4 is 5.57 Å². The lowest BCUT2D eigenvalue weighted by molar-refractivity contribution is 0.461. The summed E-state index contributed by atoms with van der Waals surface area (Å²) in [5.41, 5.74) is 6.20. The van der Waals surface area contributed by atoms with E-state index in [4.69, 9.17) is 4.74 Å². The molecule has 1 aliphatic heterocycles. The van der Waals surface area contributed by atoms with Crippen LogP contribution >= 0.6 is 0 Å². The normalized spacial score (nSPS) is 25.5. The largest absolute Gasteiger partial charge is 0.465 e. The lowest BCUT2D eigenvalue weighted by atomic mass is 9.91. The minimum Gasteiger partial charge on any atom is -0.465 e. The Morgan fingerprint density at radius 3 is 2.84 bits per heavy atom. The topological polar surface area (TPSA) is 21.3 Å². The fourth-order valence-electron chi connectivity index (χ4n) is 4.18. The summed E-state index contributed by atoms with van der Waals surface area (Å²) in [4.78, 5) is 0. The second-order valence-corrected chi connectivity index (χ2v) is 7.63. The Labute approximate surface area is 151 Å². The van der Waals surface area contributed by atoms with Crippen molar-refractivity contribution in [1.82, 2.24) is 5.32 Å². The predicted octanol–water partition coefficient (Wildman–Crippen LogP) is 5.62. The number of para-hydroxylation sites is 1. The number of rotatable bonds is 7. The molecule has 0 bridgehead atoms. The third-order valence-corrected chi connectivity index (χ3v) is 5.82. The molecule has 1 atom stereocenters. The maximum atomic E-state index is 5.89. The Kier molecular flexibility index (Phi) is 4.56. The summed E-state index contributed by atoms with van der Waals surface area (Å²) >= 11 is 0. The van der Waals surface area contributed by atoms with Gasteiger partial charge in [0.05, 0.1) is 6.26 Å². The van der Waals surface area contributed by atoms with Gasteiger partial charge in [0, 0.05) is 17.0 Å². The van der Waals surface area contributed by atoms with E-state index in [1.54, 1.807) is 5.57 Å². The first-order chi connectivity index (χ1) is 12.3. The molecule has 4 rings (SSSR count). The van der Waals surface area contributed by atoms with Crippen molar-refractivity contribution in [3.8, 4) is 5.75 Å². The fourth-order valence-corrected chi connectivity index (χ4v) is 4.18. The van der Waals surface area contributed by atoms with Gasteiger partial charge in [0.1, 0.15) is 5.75 Å². The minimum atomic E-state index is 0.463. The van der Waals surface area contributed by atoms with Crippen LogP contribution in [-0.2, 0) is 0 Å². The van der Waals surface area contributed by atoms with Gasteiger partial charge in [0.15, 0.2) is 0 Å². The van der Waals surface area contributed by atoms with Gasteiger partial charge in [-0.3, -0.25) is 0 Å². The maximum Gasteiger partial charge on any atom is 0.134 e. The summed E-state index contributed by atoms with van der Waals surface area (Å²) < 4.78 is 5.89. The predicted molar refractivity (Wildman–Crippen MR) is 104 cm³/mol. The molecule has 1 aromatic carbocycles. The zero-order valence-electron chi connectivity index (χ0n) is 15.5. The number of hydrogen-bond acceptors (Lipinski definition) is 2. The molecule has 0 radical (unpaired) electrons. The van der Waals surface area contributed by atoms with E-state index in [2.05, 4.69) is 55.6 Å². The van der Waals surface area contributed by atoms with Crippen LogP contribution in [0.5, 0.6) is 5.75 Å². The van der Waals surface area contributed by atoms with Gasteiger partial charge in [0.25, 0.3) is 0 Å². The van der Waals surface area contributed by atoms with Crippen molar-refractivity contribution in [1.29, 1.82) is 0 Å². The van der Waals surface area contributed by atoms with Crippen LogP contribution in [0.2, 0.25) is 0 Å². The monoisotopic (exact) mass is 335 g/mol. The number of fused-ring (bicyclic) bond motifs is 2. The van der Waals surface area contributed by atoms with Crippen LogP contribution < -0.4 is 10.1 Å². The molecule has 2 heteroatoms. The summed E-state index contributed by atoms with van der Waals surface area (Å²) in [7, 11) is 0. The molecule has 2 nitrogen and oxygen atoms in total.